The Morgan fingerprint density at radius 3 is 2.00 bits per heavy atom. The minimum Gasteiger partial charge on any atom is -0.445 e. The second-order valence-corrected chi connectivity index (χ2v) is 6.82. The Morgan fingerprint density at radius 2 is 1.35 bits per heavy atom. The summed E-state index contributed by atoms with van der Waals surface area (Å²) in [6.45, 7) is 0.0655. The van der Waals surface area contributed by atoms with E-state index in [9.17, 15) is 14.4 Å². The first-order chi connectivity index (χ1) is 15.1. The topological polar surface area (TPSA) is 81.7 Å². The number of amides is 1. The fourth-order valence-corrected chi connectivity index (χ4v) is 2.88. The quantitative estimate of drug-likeness (QED) is 0.314. The summed E-state index contributed by atoms with van der Waals surface area (Å²) < 4.78 is 10.6. The van der Waals surface area contributed by atoms with Crippen LogP contribution in [-0.4, -0.2) is 23.9 Å². The highest BCUT2D eigenvalue weighted by molar-refractivity contribution is 5.96. The van der Waals surface area contributed by atoms with E-state index in [2.05, 4.69) is 5.32 Å². The van der Waals surface area contributed by atoms with Crippen LogP contribution >= 0.6 is 0 Å². The van der Waals surface area contributed by atoms with E-state index >= 15 is 0 Å². The molecule has 1 N–H and O–H groups in total. The number of hydrogen-bond donors (Lipinski definition) is 1. The maximum Gasteiger partial charge on any atom is 0.408 e. The van der Waals surface area contributed by atoms with Crippen molar-refractivity contribution in [2.24, 2.45) is 0 Å². The Labute approximate surface area is 180 Å². The summed E-state index contributed by atoms with van der Waals surface area (Å²) >= 11 is 0. The third-order valence-electron chi connectivity index (χ3n) is 4.51. The van der Waals surface area contributed by atoms with E-state index < -0.39 is 18.1 Å². The molecule has 0 aliphatic rings. The summed E-state index contributed by atoms with van der Waals surface area (Å²) in [4.78, 5) is 37.4. The maximum atomic E-state index is 12.7. The van der Waals surface area contributed by atoms with Crippen LogP contribution in [0.25, 0.3) is 0 Å². The number of para-hydroxylation sites is 1. The van der Waals surface area contributed by atoms with Crippen molar-refractivity contribution in [2.45, 2.75) is 25.5 Å². The van der Waals surface area contributed by atoms with Gasteiger partial charge in [0.25, 0.3) is 0 Å². The molecule has 0 aliphatic heterocycles. The number of ether oxygens (including phenoxy) is 2. The third kappa shape index (κ3) is 7.12. The minimum atomic E-state index is -1.03. The zero-order chi connectivity index (χ0) is 21.9. The number of alkyl carbamates (subject to hydrolysis) is 1. The van der Waals surface area contributed by atoms with Gasteiger partial charge in [-0.25, -0.2) is 9.59 Å². The molecule has 0 radical (unpaired) electrons. The summed E-state index contributed by atoms with van der Waals surface area (Å²) in [5, 5.41) is 2.53. The molecule has 0 aliphatic carbocycles. The van der Waals surface area contributed by atoms with Crippen molar-refractivity contribution in [2.75, 3.05) is 0 Å². The first kappa shape index (κ1) is 21.8. The Kier molecular flexibility index (Phi) is 7.94. The molecule has 31 heavy (non-hydrogen) atoms. The molecule has 3 aromatic carbocycles. The molecule has 1 unspecified atom stereocenters. The molecule has 0 saturated heterocycles. The number of carbonyl (C=O) groups is 3. The van der Waals surface area contributed by atoms with Crippen LogP contribution in [0.4, 0.5) is 4.79 Å². The van der Waals surface area contributed by atoms with Crippen molar-refractivity contribution in [1.82, 2.24) is 5.32 Å². The molecular formula is C25H23NO5. The number of rotatable bonds is 9. The molecule has 3 rings (SSSR count). The van der Waals surface area contributed by atoms with Crippen LogP contribution in [0, 0.1) is 0 Å². The van der Waals surface area contributed by atoms with Crippen LogP contribution in [0.1, 0.15) is 28.8 Å². The number of benzene rings is 3. The first-order valence-corrected chi connectivity index (χ1v) is 9.94. The molecule has 1 amide bonds. The number of ketones is 1. The van der Waals surface area contributed by atoms with Gasteiger partial charge in [-0.2, -0.15) is 0 Å². The average molecular weight is 417 g/mol. The molecule has 0 spiro atoms. The lowest BCUT2D eigenvalue weighted by molar-refractivity contribution is -0.136. The van der Waals surface area contributed by atoms with Gasteiger partial charge in [0.1, 0.15) is 18.4 Å². The minimum absolute atomic E-state index is 0.0655. The number of hydrogen-bond acceptors (Lipinski definition) is 5. The van der Waals surface area contributed by atoms with Crippen molar-refractivity contribution in [1.29, 1.82) is 0 Å². The molecule has 6 nitrogen and oxygen atoms in total. The van der Waals surface area contributed by atoms with Crippen molar-refractivity contribution in [3.63, 3.8) is 0 Å². The van der Waals surface area contributed by atoms with Crippen LogP contribution < -0.4 is 10.1 Å². The van der Waals surface area contributed by atoms with Gasteiger partial charge in [0.05, 0.1) is 0 Å². The molecule has 0 aromatic heterocycles. The van der Waals surface area contributed by atoms with Crippen molar-refractivity contribution in [3.05, 3.63) is 102 Å². The molecule has 1 atom stereocenters. The van der Waals surface area contributed by atoms with Crippen LogP contribution in [0.2, 0.25) is 0 Å². The second kappa shape index (κ2) is 11.3. The fourth-order valence-electron chi connectivity index (χ4n) is 2.88. The monoisotopic (exact) mass is 417 g/mol. The normalized spacial score (nSPS) is 11.2. The number of nitrogens with one attached hydrogen (secondary N) is 1. The smallest absolute Gasteiger partial charge is 0.408 e. The van der Waals surface area contributed by atoms with E-state index in [1.165, 1.54) is 0 Å². The van der Waals surface area contributed by atoms with Crippen LogP contribution in [-0.2, 0) is 16.1 Å². The van der Waals surface area contributed by atoms with E-state index in [0.717, 1.165) is 5.56 Å². The third-order valence-corrected chi connectivity index (χ3v) is 4.51. The summed E-state index contributed by atoms with van der Waals surface area (Å²) in [6.07, 6.45) is -0.608. The predicted molar refractivity (Wildman–Crippen MR) is 116 cm³/mol. The van der Waals surface area contributed by atoms with Gasteiger partial charge in [-0.05, 0) is 24.1 Å². The van der Waals surface area contributed by atoms with Gasteiger partial charge < -0.3 is 14.8 Å². The Morgan fingerprint density at radius 1 is 0.774 bits per heavy atom. The van der Waals surface area contributed by atoms with Gasteiger partial charge in [0.15, 0.2) is 5.78 Å². The molecule has 158 valence electrons. The van der Waals surface area contributed by atoms with E-state index in [1.807, 2.05) is 36.4 Å². The molecule has 0 fully saturated rings. The summed E-state index contributed by atoms with van der Waals surface area (Å²) in [7, 11) is 0. The van der Waals surface area contributed by atoms with Crippen LogP contribution in [0.3, 0.4) is 0 Å². The standard InChI is InChI=1S/C25H23NO5/c27-23(20-12-6-2-7-13-20)17-16-22(24(28)31-21-14-8-3-9-15-21)26-25(29)30-18-19-10-4-1-5-11-19/h1-15,22H,16-18H2,(H,26,29). The molecule has 6 heteroatoms. The maximum absolute atomic E-state index is 12.7. The Balaban J connectivity index is 1.62. The average Bonchev–Trinajstić information content (AvgIpc) is 2.82. The summed E-state index contributed by atoms with van der Waals surface area (Å²) in [5.74, 6) is -0.437. The lowest BCUT2D eigenvalue weighted by atomic mass is 10.0. The van der Waals surface area contributed by atoms with Crippen LogP contribution in [0.5, 0.6) is 5.75 Å². The highest BCUT2D eigenvalue weighted by Crippen LogP contribution is 2.13. The van der Waals surface area contributed by atoms with Gasteiger partial charge >= 0.3 is 12.1 Å². The van der Waals surface area contributed by atoms with Crippen molar-refractivity contribution >= 4 is 17.8 Å². The lowest BCUT2D eigenvalue weighted by Gasteiger charge is -2.17. The summed E-state index contributed by atoms with van der Waals surface area (Å²) in [5.41, 5.74) is 1.37. The van der Waals surface area contributed by atoms with E-state index in [1.54, 1.807) is 54.6 Å². The zero-order valence-electron chi connectivity index (χ0n) is 16.9. The van der Waals surface area contributed by atoms with Crippen molar-refractivity contribution < 1.29 is 23.9 Å². The Hall–Kier alpha value is -3.93. The molecular weight excluding hydrogens is 394 g/mol. The molecule has 0 bridgehead atoms. The van der Waals surface area contributed by atoms with Gasteiger partial charge in [0.2, 0.25) is 0 Å². The number of Topliss-reactive ketones (excluding diaryl/α,β-unsaturated/α-hetero) is 1. The molecule has 0 heterocycles. The zero-order valence-corrected chi connectivity index (χ0v) is 16.9. The van der Waals surface area contributed by atoms with Gasteiger partial charge in [0, 0.05) is 12.0 Å². The van der Waals surface area contributed by atoms with Gasteiger partial charge in [-0.1, -0.05) is 78.9 Å². The second-order valence-electron chi connectivity index (χ2n) is 6.82. The molecule has 3 aromatic rings. The van der Waals surface area contributed by atoms with E-state index in [4.69, 9.17) is 9.47 Å². The lowest BCUT2D eigenvalue weighted by Crippen LogP contribution is -2.43. The van der Waals surface area contributed by atoms with Gasteiger partial charge in [-0.3, -0.25) is 4.79 Å². The summed E-state index contributed by atoms with van der Waals surface area (Å²) in [6, 6.07) is 25.5. The van der Waals surface area contributed by atoms with Crippen LogP contribution in [0.15, 0.2) is 91.0 Å². The van der Waals surface area contributed by atoms with Gasteiger partial charge in [-0.15, -0.1) is 0 Å². The molecule has 0 saturated carbocycles. The fraction of sp³-hybridized carbons (Fsp3) is 0.160. The van der Waals surface area contributed by atoms with E-state index in [-0.39, 0.29) is 25.2 Å². The first-order valence-electron chi connectivity index (χ1n) is 9.94. The van der Waals surface area contributed by atoms with Crippen molar-refractivity contribution in [3.8, 4) is 5.75 Å². The Bertz CT molecular complexity index is 990. The number of carbonyl (C=O) groups excluding carboxylic acids is 3. The SMILES string of the molecule is O=C(NC(CCC(=O)c1ccccc1)C(=O)Oc1ccccc1)OCc1ccccc1. The highest BCUT2D eigenvalue weighted by atomic mass is 16.6. The number of esters is 1. The highest BCUT2D eigenvalue weighted by Gasteiger charge is 2.25. The predicted octanol–water partition coefficient (Wildman–Crippen LogP) is 4.55. The largest absolute Gasteiger partial charge is 0.445 e. The van der Waals surface area contributed by atoms with E-state index in [0.29, 0.717) is 11.3 Å².